The molecule has 2 bridgehead atoms. The van der Waals surface area contributed by atoms with Crippen LogP contribution in [-0.2, 0) is 4.74 Å². The van der Waals surface area contributed by atoms with Gasteiger partial charge in [-0.25, -0.2) is 4.79 Å². The van der Waals surface area contributed by atoms with Crippen molar-refractivity contribution in [2.75, 3.05) is 0 Å². The van der Waals surface area contributed by atoms with Crippen molar-refractivity contribution in [2.24, 2.45) is 0 Å². The number of halogens is 1. The minimum Gasteiger partial charge on any atom is -0.444 e. The van der Waals surface area contributed by atoms with E-state index < -0.39 is 5.60 Å². The van der Waals surface area contributed by atoms with Crippen LogP contribution < -0.4 is 0 Å². The van der Waals surface area contributed by atoms with E-state index in [2.05, 4.69) is 0 Å². The van der Waals surface area contributed by atoms with Gasteiger partial charge in [-0.3, -0.25) is 0 Å². The van der Waals surface area contributed by atoms with E-state index in [1.54, 1.807) is 0 Å². The Hall–Kier alpha value is -0.440. The highest BCUT2D eigenvalue weighted by Gasteiger charge is 2.48. The monoisotopic (exact) mass is 231 g/mol. The highest BCUT2D eigenvalue weighted by Crippen LogP contribution is 2.41. The van der Waals surface area contributed by atoms with Crippen LogP contribution in [0, 0.1) is 0 Å². The van der Waals surface area contributed by atoms with Gasteiger partial charge in [0.2, 0.25) is 0 Å². The topological polar surface area (TPSA) is 29.5 Å². The number of alkyl halides is 1. The van der Waals surface area contributed by atoms with Crippen LogP contribution in [0.2, 0.25) is 0 Å². The van der Waals surface area contributed by atoms with Gasteiger partial charge in [0.05, 0.1) is 0 Å². The number of carbonyl (C=O) groups excluding carboxylic acids is 1. The van der Waals surface area contributed by atoms with E-state index in [0.29, 0.717) is 12.1 Å². The maximum absolute atomic E-state index is 11.8. The molecule has 0 aromatic rings. The zero-order valence-electron chi connectivity index (χ0n) is 9.50. The van der Waals surface area contributed by atoms with E-state index in [-0.39, 0.29) is 11.5 Å². The standard InChI is InChI=1S/C11H18ClNO2/c1-11(2,3)15-10(14)13-8-4-7(12)5-9(13)6-8/h7-9H,4-6H2,1-3H3. The lowest BCUT2D eigenvalue weighted by Gasteiger charge is -2.53. The lowest BCUT2D eigenvalue weighted by Crippen LogP contribution is -2.63. The lowest BCUT2D eigenvalue weighted by molar-refractivity contribution is -0.0501. The molecule has 3 aliphatic rings. The highest BCUT2D eigenvalue weighted by molar-refractivity contribution is 6.20. The average Bonchev–Trinajstić information content (AvgIpc) is 1.98. The molecular formula is C11H18ClNO2. The summed E-state index contributed by atoms with van der Waals surface area (Å²) < 4.78 is 5.36. The number of ether oxygens (including phenoxy) is 1. The van der Waals surface area contributed by atoms with Crippen molar-refractivity contribution in [3.63, 3.8) is 0 Å². The maximum Gasteiger partial charge on any atom is 0.410 e. The van der Waals surface area contributed by atoms with Crippen molar-refractivity contribution in [3.8, 4) is 0 Å². The second-order valence-electron chi connectivity index (χ2n) is 5.50. The Morgan fingerprint density at radius 3 is 2.27 bits per heavy atom. The number of rotatable bonds is 0. The first-order valence-corrected chi connectivity index (χ1v) is 5.96. The Morgan fingerprint density at radius 1 is 1.27 bits per heavy atom. The van der Waals surface area contributed by atoms with E-state index in [9.17, 15) is 4.79 Å². The Kier molecular flexibility index (Phi) is 2.61. The van der Waals surface area contributed by atoms with Crippen LogP contribution in [0.4, 0.5) is 4.79 Å². The largest absolute Gasteiger partial charge is 0.444 e. The van der Waals surface area contributed by atoms with Gasteiger partial charge in [-0.1, -0.05) is 0 Å². The van der Waals surface area contributed by atoms with E-state index in [1.165, 1.54) is 0 Å². The number of hydrogen-bond donors (Lipinski definition) is 0. The minimum atomic E-state index is -0.401. The predicted molar refractivity (Wildman–Crippen MR) is 59.1 cm³/mol. The minimum absolute atomic E-state index is 0.174. The molecule has 2 unspecified atom stereocenters. The van der Waals surface area contributed by atoms with Crippen molar-refractivity contribution < 1.29 is 9.53 Å². The number of carbonyl (C=O) groups is 1. The van der Waals surface area contributed by atoms with E-state index >= 15 is 0 Å². The normalized spacial score (nSPS) is 34.7. The number of fused-ring (bicyclic) bond motifs is 2. The number of hydrogen-bond acceptors (Lipinski definition) is 2. The van der Waals surface area contributed by atoms with Crippen molar-refractivity contribution in [2.45, 2.75) is 63.1 Å². The van der Waals surface area contributed by atoms with Crippen LogP contribution in [0.25, 0.3) is 0 Å². The number of amides is 1. The molecule has 0 aromatic carbocycles. The maximum atomic E-state index is 11.8. The van der Waals surface area contributed by atoms with Crippen LogP contribution in [0.3, 0.4) is 0 Å². The van der Waals surface area contributed by atoms with Gasteiger partial charge in [0, 0.05) is 17.5 Å². The summed E-state index contributed by atoms with van der Waals surface area (Å²) in [5, 5.41) is 0.243. The summed E-state index contributed by atoms with van der Waals surface area (Å²) in [7, 11) is 0. The molecule has 86 valence electrons. The van der Waals surface area contributed by atoms with Crippen molar-refractivity contribution >= 4 is 17.7 Å². The van der Waals surface area contributed by atoms with Crippen LogP contribution in [-0.4, -0.2) is 34.1 Å². The second-order valence-corrected chi connectivity index (χ2v) is 6.12. The van der Waals surface area contributed by atoms with Crippen molar-refractivity contribution in [1.82, 2.24) is 4.90 Å². The van der Waals surface area contributed by atoms with Crippen LogP contribution in [0.15, 0.2) is 0 Å². The van der Waals surface area contributed by atoms with E-state index in [4.69, 9.17) is 16.3 Å². The van der Waals surface area contributed by atoms with Gasteiger partial charge in [-0.15, -0.1) is 11.6 Å². The van der Waals surface area contributed by atoms with Gasteiger partial charge in [-0.2, -0.15) is 0 Å². The molecule has 2 heterocycles. The van der Waals surface area contributed by atoms with E-state index in [0.717, 1.165) is 19.3 Å². The summed E-state index contributed by atoms with van der Waals surface area (Å²) in [4.78, 5) is 13.7. The third kappa shape index (κ3) is 2.22. The SMILES string of the molecule is CC(C)(C)OC(=O)N1C2CC(Cl)CC1C2. The predicted octanol–water partition coefficient (Wildman–Crippen LogP) is 2.77. The second kappa shape index (κ2) is 3.55. The van der Waals surface area contributed by atoms with Crippen molar-refractivity contribution in [3.05, 3.63) is 0 Å². The first-order valence-electron chi connectivity index (χ1n) is 5.52. The first kappa shape index (κ1) is 11.1. The van der Waals surface area contributed by atoms with Crippen molar-refractivity contribution in [1.29, 1.82) is 0 Å². The molecule has 15 heavy (non-hydrogen) atoms. The molecule has 1 saturated carbocycles. The molecule has 0 radical (unpaired) electrons. The van der Waals surface area contributed by atoms with Gasteiger partial charge < -0.3 is 9.64 Å². The summed E-state index contributed by atoms with van der Waals surface area (Å²) in [6, 6.07) is 0.641. The smallest absolute Gasteiger partial charge is 0.410 e. The molecule has 0 aromatic heterocycles. The highest BCUT2D eigenvalue weighted by atomic mass is 35.5. The number of nitrogens with zero attached hydrogens (tertiary/aromatic N) is 1. The zero-order chi connectivity index (χ0) is 11.2. The van der Waals surface area contributed by atoms with Crippen LogP contribution >= 0.6 is 11.6 Å². The summed E-state index contributed by atoms with van der Waals surface area (Å²) in [6.45, 7) is 5.68. The molecule has 4 heteroatoms. The molecule has 3 rings (SSSR count). The van der Waals surface area contributed by atoms with Crippen LogP contribution in [0.5, 0.6) is 0 Å². The molecule has 3 fully saturated rings. The third-order valence-electron chi connectivity index (χ3n) is 2.99. The van der Waals surface area contributed by atoms with Gasteiger partial charge in [0.1, 0.15) is 5.60 Å². The molecule has 2 saturated heterocycles. The first-order chi connectivity index (χ1) is 6.87. The number of piperidine rings is 1. The molecule has 0 N–H and O–H groups in total. The fourth-order valence-corrected chi connectivity index (χ4v) is 2.83. The Balaban J connectivity index is 1.94. The Morgan fingerprint density at radius 2 is 1.80 bits per heavy atom. The van der Waals surface area contributed by atoms with Crippen LogP contribution in [0.1, 0.15) is 40.0 Å². The summed E-state index contributed by atoms with van der Waals surface area (Å²) in [5.74, 6) is 0. The molecule has 1 amide bonds. The molecule has 3 nitrogen and oxygen atoms in total. The average molecular weight is 232 g/mol. The molecule has 0 spiro atoms. The quantitative estimate of drug-likeness (QED) is 0.600. The summed E-state index contributed by atoms with van der Waals surface area (Å²) in [6.07, 6.45) is 2.75. The summed E-state index contributed by atoms with van der Waals surface area (Å²) in [5.41, 5.74) is -0.401. The molecular weight excluding hydrogens is 214 g/mol. The van der Waals surface area contributed by atoms with Gasteiger partial charge in [0.15, 0.2) is 0 Å². The lowest BCUT2D eigenvalue weighted by atomic mass is 9.80. The van der Waals surface area contributed by atoms with Gasteiger partial charge in [0.25, 0.3) is 0 Å². The zero-order valence-corrected chi connectivity index (χ0v) is 10.3. The van der Waals surface area contributed by atoms with Gasteiger partial charge in [-0.05, 0) is 40.0 Å². The third-order valence-corrected chi connectivity index (χ3v) is 3.35. The fourth-order valence-electron chi connectivity index (χ4n) is 2.42. The van der Waals surface area contributed by atoms with Gasteiger partial charge >= 0.3 is 6.09 Å². The fraction of sp³-hybridized carbons (Fsp3) is 0.909. The Bertz CT molecular complexity index is 262. The Labute approximate surface area is 95.7 Å². The molecule has 2 aliphatic heterocycles. The molecule has 1 aliphatic carbocycles. The van der Waals surface area contributed by atoms with E-state index in [1.807, 2.05) is 25.7 Å². The summed E-state index contributed by atoms with van der Waals surface area (Å²) >= 11 is 6.07. The molecule has 2 atom stereocenters.